The standard InChI is InChI=1S/C25H29NO3/c1-28-23-11-8-20-17-21(25(27)24(20)18-23)16-19-6-9-22(10-7-19)29-15-5-14-26-12-3-2-4-13-26/h6-11,16,18H,2-5,12-15,17H2,1H3/b21-16+. The van der Waals surface area contributed by atoms with E-state index in [2.05, 4.69) is 4.90 Å². The average molecular weight is 392 g/mol. The summed E-state index contributed by atoms with van der Waals surface area (Å²) in [6.45, 7) is 4.33. The Morgan fingerprint density at radius 1 is 1.00 bits per heavy atom. The molecule has 2 aliphatic rings. The maximum absolute atomic E-state index is 12.7. The third kappa shape index (κ3) is 4.88. The van der Waals surface area contributed by atoms with Crippen LogP contribution in [0.25, 0.3) is 6.08 Å². The Labute approximate surface area is 173 Å². The van der Waals surface area contributed by atoms with Gasteiger partial charge in [0.25, 0.3) is 0 Å². The van der Waals surface area contributed by atoms with Crippen LogP contribution in [-0.4, -0.2) is 44.0 Å². The molecule has 4 rings (SSSR count). The van der Waals surface area contributed by atoms with Gasteiger partial charge in [-0.15, -0.1) is 0 Å². The molecule has 4 nitrogen and oxygen atoms in total. The lowest BCUT2D eigenvalue weighted by atomic mass is 10.1. The second kappa shape index (κ2) is 9.27. The molecular weight excluding hydrogens is 362 g/mol. The number of nitrogens with zero attached hydrogens (tertiary/aromatic N) is 1. The third-order valence-corrected chi connectivity index (χ3v) is 5.79. The number of carbonyl (C=O) groups excluding carboxylic acids is 1. The summed E-state index contributed by atoms with van der Waals surface area (Å²) in [6.07, 6.45) is 7.75. The fraction of sp³-hybridized carbons (Fsp3) is 0.400. The number of methoxy groups -OCH3 is 1. The van der Waals surface area contributed by atoms with Crippen LogP contribution in [0.1, 0.15) is 47.2 Å². The molecule has 4 heteroatoms. The fourth-order valence-corrected chi connectivity index (χ4v) is 4.15. The van der Waals surface area contributed by atoms with Crippen LogP contribution in [0, 0.1) is 0 Å². The Morgan fingerprint density at radius 2 is 1.76 bits per heavy atom. The predicted octanol–water partition coefficient (Wildman–Crippen LogP) is 4.77. The highest BCUT2D eigenvalue weighted by molar-refractivity contribution is 6.15. The van der Waals surface area contributed by atoms with Crippen molar-refractivity contribution in [3.63, 3.8) is 0 Å². The third-order valence-electron chi connectivity index (χ3n) is 5.79. The topological polar surface area (TPSA) is 38.8 Å². The average Bonchev–Trinajstić information content (AvgIpc) is 3.08. The maximum atomic E-state index is 12.7. The first-order valence-corrected chi connectivity index (χ1v) is 10.6. The second-order valence-electron chi connectivity index (χ2n) is 7.87. The van der Waals surface area contributed by atoms with Gasteiger partial charge in [-0.05, 0) is 73.8 Å². The molecule has 1 saturated heterocycles. The molecule has 0 aromatic heterocycles. The first kappa shape index (κ1) is 19.7. The second-order valence-corrected chi connectivity index (χ2v) is 7.87. The molecule has 1 aliphatic carbocycles. The largest absolute Gasteiger partial charge is 0.497 e. The van der Waals surface area contributed by atoms with Gasteiger partial charge in [0.1, 0.15) is 11.5 Å². The van der Waals surface area contributed by atoms with Crippen molar-refractivity contribution in [1.29, 1.82) is 0 Å². The van der Waals surface area contributed by atoms with Crippen LogP contribution < -0.4 is 9.47 Å². The Morgan fingerprint density at radius 3 is 2.52 bits per heavy atom. The molecular formula is C25H29NO3. The van der Waals surface area contributed by atoms with Gasteiger partial charge in [0, 0.05) is 24.1 Å². The van der Waals surface area contributed by atoms with Crippen LogP contribution in [0.2, 0.25) is 0 Å². The summed E-state index contributed by atoms with van der Waals surface area (Å²) in [5, 5.41) is 0. The SMILES string of the molecule is COc1ccc2c(c1)C(=O)/C(=C/c1ccc(OCCCN3CCCCC3)cc1)C2. The van der Waals surface area contributed by atoms with Crippen molar-refractivity contribution in [3.05, 3.63) is 64.7 Å². The molecule has 1 fully saturated rings. The number of carbonyl (C=O) groups is 1. The van der Waals surface area contributed by atoms with Gasteiger partial charge >= 0.3 is 0 Å². The van der Waals surface area contributed by atoms with Gasteiger partial charge in [-0.25, -0.2) is 0 Å². The zero-order valence-corrected chi connectivity index (χ0v) is 17.2. The van der Waals surface area contributed by atoms with Gasteiger partial charge in [0.2, 0.25) is 0 Å². The molecule has 29 heavy (non-hydrogen) atoms. The van der Waals surface area contributed by atoms with Crippen molar-refractivity contribution < 1.29 is 14.3 Å². The van der Waals surface area contributed by atoms with Gasteiger partial charge < -0.3 is 14.4 Å². The monoisotopic (exact) mass is 391 g/mol. The Bertz CT molecular complexity index is 879. The summed E-state index contributed by atoms with van der Waals surface area (Å²) in [5.41, 5.74) is 3.66. The number of hydrogen-bond acceptors (Lipinski definition) is 4. The highest BCUT2D eigenvalue weighted by Gasteiger charge is 2.25. The van der Waals surface area contributed by atoms with Gasteiger partial charge in [-0.3, -0.25) is 4.79 Å². The van der Waals surface area contributed by atoms with Crippen LogP contribution in [-0.2, 0) is 6.42 Å². The number of ether oxygens (including phenoxy) is 2. The van der Waals surface area contributed by atoms with E-state index in [-0.39, 0.29) is 5.78 Å². The minimum atomic E-state index is 0.0944. The van der Waals surface area contributed by atoms with Gasteiger partial charge in [0.05, 0.1) is 13.7 Å². The molecule has 0 amide bonds. The van der Waals surface area contributed by atoms with Gasteiger partial charge in [-0.1, -0.05) is 24.6 Å². The Hall–Kier alpha value is -2.59. The van der Waals surface area contributed by atoms with E-state index < -0.39 is 0 Å². The van der Waals surface area contributed by atoms with E-state index in [4.69, 9.17) is 9.47 Å². The number of Topliss-reactive ketones (excluding diaryl/α,β-unsaturated/α-hetero) is 1. The number of fused-ring (bicyclic) bond motifs is 1. The molecule has 0 spiro atoms. The number of likely N-dealkylation sites (tertiary alicyclic amines) is 1. The lowest BCUT2D eigenvalue weighted by molar-refractivity contribution is 0.104. The van der Waals surface area contributed by atoms with E-state index in [9.17, 15) is 4.79 Å². The van der Waals surface area contributed by atoms with E-state index in [1.54, 1.807) is 7.11 Å². The van der Waals surface area contributed by atoms with E-state index in [0.29, 0.717) is 6.42 Å². The molecule has 0 saturated carbocycles. The first-order chi connectivity index (χ1) is 14.2. The molecule has 0 unspecified atom stereocenters. The van der Waals surface area contributed by atoms with Crippen LogP contribution >= 0.6 is 0 Å². The molecule has 0 bridgehead atoms. The lowest BCUT2D eigenvalue weighted by Crippen LogP contribution is -2.31. The molecule has 0 radical (unpaired) electrons. The van der Waals surface area contributed by atoms with E-state index >= 15 is 0 Å². The van der Waals surface area contributed by atoms with Crippen molar-refractivity contribution >= 4 is 11.9 Å². The van der Waals surface area contributed by atoms with Crippen LogP contribution in [0.5, 0.6) is 11.5 Å². The zero-order valence-electron chi connectivity index (χ0n) is 17.2. The van der Waals surface area contributed by atoms with Gasteiger partial charge in [0.15, 0.2) is 5.78 Å². The molecule has 2 aromatic rings. The highest BCUT2D eigenvalue weighted by Crippen LogP contribution is 2.30. The number of piperidine rings is 1. The van der Waals surface area contributed by atoms with Gasteiger partial charge in [-0.2, -0.15) is 0 Å². The molecule has 1 heterocycles. The summed E-state index contributed by atoms with van der Waals surface area (Å²) in [7, 11) is 1.62. The molecule has 152 valence electrons. The van der Waals surface area contributed by atoms with Crippen molar-refractivity contribution in [3.8, 4) is 11.5 Å². The minimum absolute atomic E-state index is 0.0944. The van der Waals surface area contributed by atoms with Crippen LogP contribution in [0.4, 0.5) is 0 Å². The predicted molar refractivity (Wildman–Crippen MR) is 116 cm³/mol. The number of rotatable bonds is 7. The first-order valence-electron chi connectivity index (χ1n) is 10.6. The number of ketones is 1. The summed E-state index contributed by atoms with van der Waals surface area (Å²) in [4.78, 5) is 15.2. The number of benzene rings is 2. The highest BCUT2D eigenvalue weighted by atomic mass is 16.5. The van der Waals surface area contributed by atoms with Crippen molar-refractivity contribution in [1.82, 2.24) is 4.90 Å². The Kier molecular flexibility index (Phi) is 6.30. The lowest BCUT2D eigenvalue weighted by Gasteiger charge is -2.26. The molecule has 0 atom stereocenters. The van der Waals surface area contributed by atoms with E-state index in [0.717, 1.165) is 53.3 Å². The fourth-order valence-electron chi connectivity index (χ4n) is 4.15. The summed E-state index contributed by atoms with van der Waals surface area (Å²) in [6, 6.07) is 13.7. The van der Waals surface area contributed by atoms with Crippen molar-refractivity contribution in [2.45, 2.75) is 32.1 Å². The molecule has 2 aromatic carbocycles. The smallest absolute Gasteiger partial charge is 0.189 e. The van der Waals surface area contributed by atoms with Crippen LogP contribution in [0.15, 0.2) is 48.0 Å². The quantitative estimate of drug-likeness (QED) is 0.503. The summed E-state index contributed by atoms with van der Waals surface area (Å²) >= 11 is 0. The van der Waals surface area contributed by atoms with Crippen molar-refractivity contribution in [2.75, 3.05) is 33.4 Å². The minimum Gasteiger partial charge on any atom is -0.497 e. The summed E-state index contributed by atoms with van der Waals surface area (Å²) in [5.74, 6) is 1.70. The molecule has 1 aliphatic heterocycles. The number of hydrogen-bond donors (Lipinski definition) is 0. The maximum Gasteiger partial charge on any atom is 0.189 e. The van der Waals surface area contributed by atoms with Crippen molar-refractivity contribution in [2.24, 2.45) is 0 Å². The zero-order chi connectivity index (χ0) is 20.1. The Balaban J connectivity index is 1.30. The normalized spacial score (nSPS) is 18.1. The number of allylic oxidation sites excluding steroid dienone is 1. The van der Waals surface area contributed by atoms with Crippen LogP contribution in [0.3, 0.4) is 0 Å². The molecule has 0 N–H and O–H groups in total. The van der Waals surface area contributed by atoms with E-state index in [1.165, 1.54) is 32.4 Å². The van der Waals surface area contributed by atoms with E-state index in [1.807, 2.05) is 48.5 Å². The summed E-state index contributed by atoms with van der Waals surface area (Å²) < 4.78 is 11.1.